The highest BCUT2D eigenvalue weighted by atomic mass is 16.3. The number of aliphatic hydroxyl groups excluding tert-OH is 2. The van der Waals surface area contributed by atoms with Gasteiger partial charge in [0.15, 0.2) is 0 Å². The second-order valence-electron chi connectivity index (χ2n) is 8.31. The van der Waals surface area contributed by atoms with Gasteiger partial charge >= 0.3 is 0 Å². The van der Waals surface area contributed by atoms with Crippen molar-refractivity contribution >= 4 is 0 Å². The van der Waals surface area contributed by atoms with Crippen molar-refractivity contribution in [2.45, 2.75) is 116 Å². The van der Waals surface area contributed by atoms with Gasteiger partial charge in [-0.15, -0.1) is 0 Å². The van der Waals surface area contributed by atoms with Crippen LogP contribution < -0.4 is 10.6 Å². The van der Waals surface area contributed by atoms with Crippen LogP contribution >= 0.6 is 0 Å². The molecule has 0 saturated carbocycles. The molecule has 0 aromatic rings. The zero-order chi connectivity index (χ0) is 20.4. The summed E-state index contributed by atoms with van der Waals surface area (Å²) in [4.78, 5) is 0. The lowest BCUT2D eigenvalue weighted by Gasteiger charge is -2.07. The molecule has 0 spiro atoms. The van der Waals surface area contributed by atoms with E-state index >= 15 is 0 Å². The molecule has 0 bridgehead atoms. The number of unbranched alkanes of at least 4 members (excludes halogenated alkanes) is 16. The molecule has 0 aromatic carbocycles. The van der Waals surface area contributed by atoms with Crippen molar-refractivity contribution in [2.75, 3.05) is 39.4 Å². The number of nitrogens with one attached hydrogen (secondary N) is 2. The van der Waals surface area contributed by atoms with E-state index in [1.807, 2.05) is 0 Å². The fraction of sp³-hybridized carbons (Fsp3) is 1.00. The van der Waals surface area contributed by atoms with Crippen molar-refractivity contribution in [3.8, 4) is 0 Å². The summed E-state index contributed by atoms with van der Waals surface area (Å²) in [6, 6.07) is 0. The Morgan fingerprint density at radius 1 is 0.286 bits per heavy atom. The van der Waals surface area contributed by atoms with Crippen LogP contribution in [0.15, 0.2) is 0 Å². The van der Waals surface area contributed by atoms with Crippen molar-refractivity contribution in [2.24, 2.45) is 0 Å². The predicted molar refractivity (Wildman–Crippen MR) is 123 cm³/mol. The number of hydrogen-bond donors (Lipinski definition) is 4. The molecule has 0 amide bonds. The molecule has 4 heteroatoms. The monoisotopic (exact) mass is 400 g/mol. The number of hydrogen-bond acceptors (Lipinski definition) is 4. The van der Waals surface area contributed by atoms with Gasteiger partial charge in [-0.05, 0) is 38.8 Å². The Hall–Kier alpha value is -0.160. The Bertz CT molecular complexity index is 239. The third kappa shape index (κ3) is 25.8. The highest BCUT2D eigenvalue weighted by Crippen LogP contribution is 2.10. The Morgan fingerprint density at radius 3 is 0.821 bits per heavy atom. The fourth-order valence-electron chi connectivity index (χ4n) is 3.63. The van der Waals surface area contributed by atoms with E-state index in [-0.39, 0.29) is 0 Å². The maximum Gasteiger partial charge on any atom is 0.0431 e. The minimum atomic E-state index is 0.357. The molecule has 0 radical (unpaired) electrons. The molecular formula is C24H52N2O2. The molecule has 0 atom stereocenters. The van der Waals surface area contributed by atoms with Crippen LogP contribution in [0.5, 0.6) is 0 Å². The summed E-state index contributed by atoms with van der Waals surface area (Å²) in [5.74, 6) is 0. The molecule has 170 valence electrons. The normalized spacial score (nSPS) is 11.4. The summed E-state index contributed by atoms with van der Waals surface area (Å²) in [5.41, 5.74) is 0. The van der Waals surface area contributed by atoms with Crippen LogP contribution in [0, 0.1) is 0 Å². The van der Waals surface area contributed by atoms with Crippen LogP contribution in [0.1, 0.15) is 116 Å². The zero-order valence-corrected chi connectivity index (χ0v) is 18.9. The largest absolute Gasteiger partial charge is 0.396 e. The van der Waals surface area contributed by atoms with E-state index in [9.17, 15) is 0 Å². The van der Waals surface area contributed by atoms with E-state index in [2.05, 4.69) is 10.6 Å². The van der Waals surface area contributed by atoms with Crippen LogP contribution in [0.4, 0.5) is 0 Å². The smallest absolute Gasteiger partial charge is 0.0431 e. The van der Waals surface area contributed by atoms with Gasteiger partial charge in [0.25, 0.3) is 0 Å². The zero-order valence-electron chi connectivity index (χ0n) is 18.9. The van der Waals surface area contributed by atoms with Crippen molar-refractivity contribution in [1.29, 1.82) is 0 Å². The van der Waals surface area contributed by atoms with Gasteiger partial charge in [-0.3, -0.25) is 0 Å². The van der Waals surface area contributed by atoms with E-state index in [1.54, 1.807) is 0 Å². The van der Waals surface area contributed by atoms with Crippen molar-refractivity contribution in [3.63, 3.8) is 0 Å². The Balaban J connectivity index is 2.96. The van der Waals surface area contributed by atoms with E-state index in [4.69, 9.17) is 10.2 Å². The second-order valence-corrected chi connectivity index (χ2v) is 8.31. The first kappa shape index (κ1) is 27.8. The minimum absolute atomic E-state index is 0.357. The van der Waals surface area contributed by atoms with E-state index in [0.717, 1.165) is 39.0 Å². The Kier molecular flexibility index (Phi) is 26.7. The molecule has 4 N–H and O–H groups in total. The lowest BCUT2D eigenvalue weighted by Crippen LogP contribution is -2.28. The van der Waals surface area contributed by atoms with Crippen LogP contribution in [-0.2, 0) is 0 Å². The summed E-state index contributed by atoms with van der Waals surface area (Å²) in [5, 5.41) is 24.6. The standard InChI is InChI=1S/C24H52N2O2/c27-23-17-13-9-5-1-3-7-11-15-19-25-21-22-26-20-16-12-8-4-2-6-10-14-18-24-28/h25-28H,1-24H2. The van der Waals surface area contributed by atoms with Gasteiger partial charge in [-0.2, -0.15) is 0 Å². The van der Waals surface area contributed by atoms with Crippen LogP contribution in [0.3, 0.4) is 0 Å². The molecule has 0 aromatic heterocycles. The average molecular weight is 401 g/mol. The highest BCUT2D eigenvalue weighted by molar-refractivity contribution is 4.55. The third-order valence-electron chi connectivity index (χ3n) is 5.50. The maximum absolute atomic E-state index is 8.73. The van der Waals surface area contributed by atoms with Gasteiger partial charge in [0.1, 0.15) is 0 Å². The van der Waals surface area contributed by atoms with Gasteiger partial charge in [-0.1, -0.05) is 89.9 Å². The van der Waals surface area contributed by atoms with E-state index in [1.165, 1.54) is 103 Å². The summed E-state index contributed by atoms with van der Waals surface area (Å²) >= 11 is 0. The predicted octanol–water partition coefficient (Wildman–Crippen LogP) is 5.17. The van der Waals surface area contributed by atoms with Crippen molar-refractivity contribution < 1.29 is 10.2 Å². The topological polar surface area (TPSA) is 64.5 Å². The van der Waals surface area contributed by atoms with Crippen LogP contribution in [0.2, 0.25) is 0 Å². The first-order chi connectivity index (χ1) is 13.9. The van der Waals surface area contributed by atoms with Crippen LogP contribution in [0.25, 0.3) is 0 Å². The van der Waals surface area contributed by atoms with E-state index < -0.39 is 0 Å². The van der Waals surface area contributed by atoms with E-state index in [0.29, 0.717) is 13.2 Å². The molecule has 0 fully saturated rings. The number of rotatable bonds is 25. The SMILES string of the molecule is OCCCCCCCCCCCNCCNCCCCCCCCCCCO. The molecule has 0 heterocycles. The molecular weight excluding hydrogens is 348 g/mol. The fourth-order valence-corrected chi connectivity index (χ4v) is 3.63. The molecule has 0 rings (SSSR count). The molecule has 0 aliphatic rings. The lowest BCUT2D eigenvalue weighted by atomic mass is 10.1. The quantitative estimate of drug-likeness (QED) is 0.160. The maximum atomic E-state index is 8.73. The lowest BCUT2D eigenvalue weighted by molar-refractivity contribution is 0.282. The molecule has 0 unspecified atom stereocenters. The highest BCUT2D eigenvalue weighted by Gasteiger charge is 1.95. The molecule has 28 heavy (non-hydrogen) atoms. The Labute approximate surface area is 176 Å². The first-order valence-corrected chi connectivity index (χ1v) is 12.5. The number of aliphatic hydroxyl groups is 2. The van der Waals surface area contributed by atoms with Gasteiger partial charge in [0.2, 0.25) is 0 Å². The summed E-state index contributed by atoms with van der Waals surface area (Å²) in [7, 11) is 0. The van der Waals surface area contributed by atoms with Crippen LogP contribution in [-0.4, -0.2) is 49.6 Å². The average Bonchev–Trinajstić information content (AvgIpc) is 2.71. The first-order valence-electron chi connectivity index (χ1n) is 12.5. The van der Waals surface area contributed by atoms with Gasteiger partial charge in [0, 0.05) is 26.3 Å². The van der Waals surface area contributed by atoms with Gasteiger partial charge in [-0.25, -0.2) is 0 Å². The minimum Gasteiger partial charge on any atom is -0.396 e. The molecule has 4 nitrogen and oxygen atoms in total. The third-order valence-corrected chi connectivity index (χ3v) is 5.50. The summed E-state index contributed by atoms with van der Waals surface area (Å²) < 4.78 is 0. The van der Waals surface area contributed by atoms with Gasteiger partial charge in [0.05, 0.1) is 0 Å². The second kappa shape index (κ2) is 26.8. The summed E-state index contributed by atoms with van der Waals surface area (Å²) in [6.07, 6.45) is 23.2. The Morgan fingerprint density at radius 2 is 0.536 bits per heavy atom. The van der Waals surface area contributed by atoms with Gasteiger partial charge < -0.3 is 20.8 Å². The molecule has 0 aliphatic carbocycles. The van der Waals surface area contributed by atoms with Crippen molar-refractivity contribution in [3.05, 3.63) is 0 Å². The van der Waals surface area contributed by atoms with Crippen molar-refractivity contribution in [1.82, 2.24) is 10.6 Å². The summed E-state index contributed by atoms with van der Waals surface area (Å²) in [6.45, 7) is 5.23. The molecule has 0 saturated heterocycles. The molecule has 0 aliphatic heterocycles.